The summed E-state index contributed by atoms with van der Waals surface area (Å²) in [6.07, 6.45) is -0.0733. The van der Waals surface area contributed by atoms with Crippen LogP contribution >= 0.6 is 0 Å². The normalized spacial score (nSPS) is 11.2. The number of carbonyl (C=O) groups excluding carboxylic acids is 1. The summed E-state index contributed by atoms with van der Waals surface area (Å²) in [5.74, 6) is -1.22. The zero-order chi connectivity index (χ0) is 14.3. The van der Waals surface area contributed by atoms with E-state index in [0.717, 1.165) is 0 Å². The van der Waals surface area contributed by atoms with E-state index in [4.69, 9.17) is 15.5 Å². The van der Waals surface area contributed by atoms with Gasteiger partial charge in [0.1, 0.15) is 6.04 Å². The molecule has 1 rings (SSSR count). The number of hydrogen-bond donors (Lipinski definition) is 4. The Kier molecular flexibility index (Phi) is 5.32. The summed E-state index contributed by atoms with van der Waals surface area (Å²) in [4.78, 5) is 22.3. The Hall–Kier alpha value is -2.59. The second-order valence-corrected chi connectivity index (χ2v) is 3.69. The maximum absolute atomic E-state index is 11.5. The van der Waals surface area contributed by atoms with E-state index in [1.807, 2.05) is 6.07 Å². The number of amides is 2. The molecule has 0 radical (unpaired) electrons. The van der Waals surface area contributed by atoms with E-state index in [1.165, 1.54) is 24.3 Å². The van der Waals surface area contributed by atoms with Crippen LogP contribution in [-0.2, 0) is 4.79 Å². The standard InChI is InChI=1S/C12H13N3O4/c13-7-8-1-3-9(4-2-8)14-12(19)15-10(5-6-16)11(17)18/h1-4,10,16H,5-6H2,(H,17,18)(H2,14,15,19). The van der Waals surface area contributed by atoms with Gasteiger partial charge in [-0.1, -0.05) is 0 Å². The third-order valence-electron chi connectivity index (χ3n) is 2.29. The number of carboxylic acids is 1. The Labute approximate surface area is 109 Å². The zero-order valence-electron chi connectivity index (χ0n) is 9.96. The summed E-state index contributed by atoms with van der Waals surface area (Å²) in [6.45, 7) is -0.339. The summed E-state index contributed by atoms with van der Waals surface area (Å²) in [6, 6.07) is 6.21. The predicted molar refractivity (Wildman–Crippen MR) is 66.4 cm³/mol. The average molecular weight is 263 g/mol. The minimum Gasteiger partial charge on any atom is -0.480 e. The highest BCUT2D eigenvalue weighted by molar-refractivity contribution is 5.92. The highest BCUT2D eigenvalue weighted by Crippen LogP contribution is 2.08. The molecule has 1 unspecified atom stereocenters. The van der Waals surface area contributed by atoms with Crippen LogP contribution in [0.3, 0.4) is 0 Å². The van der Waals surface area contributed by atoms with Gasteiger partial charge >= 0.3 is 12.0 Å². The number of nitriles is 1. The largest absolute Gasteiger partial charge is 0.480 e. The Bertz CT molecular complexity index is 493. The topological polar surface area (TPSA) is 122 Å². The van der Waals surface area contributed by atoms with Crippen molar-refractivity contribution in [3.8, 4) is 6.07 Å². The van der Waals surface area contributed by atoms with E-state index in [1.54, 1.807) is 0 Å². The number of carbonyl (C=O) groups is 2. The maximum atomic E-state index is 11.5. The first-order valence-electron chi connectivity index (χ1n) is 5.48. The fraction of sp³-hybridized carbons (Fsp3) is 0.250. The zero-order valence-corrected chi connectivity index (χ0v) is 9.96. The first kappa shape index (κ1) is 14.5. The lowest BCUT2D eigenvalue weighted by Crippen LogP contribution is -2.43. The van der Waals surface area contributed by atoms with Gasteiger partial charge in [0.05, 0.1) is 11.6 Å². The minimum absolute atomic E-state index is 0.0733. The lowest BCUT2D eigenvalue weighted by molar-refractivity contribution is -0.139. The molecule has 0 saturated heterocycles. The molecule has 0 aromatic heterocycles. The monoisotopic (exact) mass is 263 g/mol. The Morgan fingerprint density at radius 1 is 1.32 bits per heavy atom. The lowest BCUT2D eigenvalue weighted by atomic mass is 10.2. The third kappa shape index (κ3) is 4.65. The van der Waals surface area contributed by atoms with E-state index in [-0.39, 0.29) is 13.0 Å². The summed E-state index contributed by atoms with van der Waals surface area (Å²) in [5, 5.41) is 30.7. The average Bonchev–Trinajstić information content (AvgIpc) is 2.39. The second-order valence-electron chi connectivity index (χ2n) is 3.69. The predicted octanol–water partition coefficient (Wildman–Crippen LogP) is 0.515. The van der Waals surface area contributed by atoms with E-state index >= 15 is 0 Å². The molecular weight excluding hydrogens is 250 g/mol. The van der Waals surface area contributed by atoms with Crippen LogP contribution in [0.2, 0.25) is 0 Å². The first-order valence-corrected chi connectivity index (χ1v) is 5.48. The van der Waals surface area contributed by atoms with Gasteiger partial charge in [-0.2, -0.15) is 5.26 Å². The fourth-order valence-electron chi connectivity index (χ4n) is 1.34. The van der Waals surface area contributed by atoms with Gasteiger partial charge in [0, 0.05) is 18.7 Å². The molecule has 0 aliphatic rings. The molecule has 100 valence electrons. The number of benzene rings is 1. The molecular formula is C12H13N3O4. The smallest absolute Gasteiger partial charge is 0.326 e. The number of aliphatic carboxylic acids is 1. The summed E-state index contributed by atoms with van der Waals surface area (Å²) in [7, 11) is 0. The molecule has 0 saturated carbocycles. The molecule has 2 amide bonds. The van der Waals surface area contributed by atoms with Crippen LogP contribution in [0, 0.1) is 11.3 Å². The Balaban J connectivity index is 2.58. The van der Waals surface area contributed by atoms with Crippen molar-refractivity contribution in [3.63, 3.8) is 0 Å². The molecule has 0 heterocycles. The Morgan fingerprint density at radius 3 is 2.42 bits per heavy atom. The van der Waals surface area contributed by atoms with Gasteiger partial charge in [-0.25, -0.2) is 9.59 Å². The maximum Gasteiger partial charge on any atom is 0.326 e. The number of aliphatic hydroxyl groups excluding tert-OH is 1. The van der Waals surface area contributed by atoms with Gasteiger partial charge in [0.25, 0.3) is 0 Å². The van der Waals surface area contributed by atoms with Gasteiger partial charge in [-0.3, -0.25) is 0 Å². The van der Waals surface area contributed by atoms with Crippen molar-refractivity contribution in [2.75, 3.05) is 11.9 Å². The summed E-state index contributed by atoms with van der Waals surface area (Å²) in [5.41, 5.74) is 0.888. The van der Waals surface area contributed by atoms with Crippen molar-refractivity contribution in [2.45, 2.75) is 12.5 Å². The minimum atomic E-state index is -1.22. The quantitative estimate of drug-likeness (QED) is 0.616. The van der Waals surface area contributed by atoms with E-state index < -0.39 is 18.0 Å². The van der Waals surface area contributed by atoms with E-state index in [2.05, 4.69) is 10.6 Å². The summed E-state index contributed by atoms with van der Waals surface area (Å²) < 4.78 is 0. The van der Waals surface area contributed by atoms with E-state index in [0.29, 0.717) is 11.3 Å². The molecule has 0 aliphatic carbocycles. The second kappa shape index (κ2) is 6.98. The summed E-state index contributed by atoms with van der Waals surface area (Å²) >= 11 is 0. The van der Waals surface area contributed by atoms with Gasteiger partial charge in [-0.15, -0.1) is 0 Å². The van der Waals surface area contributed by atoms with Crippen LogP contribution < -0.4 is 10.6 Å². The van der Waals surface area contributed by atoms with Crippen LogP contribution in [-0.4, -0.2) is 34.9 Å². The molecule has 7 heteroatoms. The molecule has 4 N–H and O–H groups in total. The van der Waals surface area contributed by atoms with Gasteiger partial charge < -0.3 is 20.8 Å². The van der Waals surface area contributed by atoms with E-state index in [9.17, 15) is 9.59 Å². The molecule has 1 aromatic rings. The number of nitrogens with one attached hydrogen (secondary N) is 2. The van der Waals surface area contributed by atoms with Crippen LogP contribution in [0.25, 0.3) is 0 Å². The molecule has 0 fully saturated rings. The lowest BCUT2D eigenvalue weighted by Gasteiger charge is -2.13. The number of rotatable bonds is 5. The van der Waals surface area contributed by atoms with Crippen LogP contribution in [0.4, 0.5) is 10.5 Å². The van der Waals surface area contributed by atoms with Crippen molar-refractivity contribution in [1.29, 1.82) is 5.26 Å². The van der Waals surface area contributed by atoms with Crippen molar-refractivity contribution in [3.05, 3.63) is 29.8 Å². The number of anilines is 1. The van der Waals surface area contributed by atoms with Crippen molar-refractivity contribution >= 4 is 17.7 Å². The number of hydrogen-bond acceptors (Lipinski definition) is 4. The number of aliphatic hydroxyl groups is 1. The highest BCUT2D eigenvalue weighted by Gasteiger charge is 2.18. The SMILES string of the molecule is N#Cc1ccc(NC(=O)NC(CCO)C(=O)O)cc1. The number of carboxylic acid groups (broad SMARTS) is 1. The van der Waals surface area contributed by atoms with Crippen molar-refractivity contribution in [2.24, 2.45) is 0 Å². The van der Waals surface area contributed by atoms with Crippen LogP contribution in [0.5, 0.6) is 0 Å². The molecule has 1 atom stereocenters. The van der Waals surface area contributed by atoms with Crippen LogP contribution in [0.15, 0.2) is 24.3 Å². The first-order chi connectivity index (χ1) is 9.06. The molecule has 7 nitrogen and oxygen atoms in total. The van der Waals surface area contributed by atoms with Crippen molar-refractivity contribution < 1.29 is 19.8 Å². The van der Waals surface area contributed by atoms with Crippen LogP contribution in [0.1, 0.15) is 12.0 Å². The van der Waals surface area contributed by atoms with Crippen molar-refractivity contribution in [1.82, 2.24) is 5.32 Å². The molecule has 0 aliphatic heterocycles. The number of urea groups is 1. The third-order valence-corrected chi connectivity index (χ3v) is 2.29. The highest BCUT2D eigenvalue weighted by atomic mass is 16.4. The van der Waals surface area contributed by atoms with Gasteiger partial charge in [0.15, 0.2) is 0 Å². The van der Waals surface area contributed by atoms with Gasteiger partial charge in [0.2, 0.25) is 0 Å². The van der Waals surface area contributed by atoms with Gasteiger partial charge in [-0.05, 0) is 24.3 Å². The molecule has 0 bridgehead atoms. The molecule has 1 aromatic carbocycles. The fourth-order valence-corrected chi connectivity index (χ4v) is 1.34. The Morgan fingerprint density at radius 2 is 1.95 bits per heavy atom. The number of nitrogens with zero attached hydrogens (tertiary/aromatic N) is 1. The molecule has 19 heavy (non-hydrogen) atoms. The molecule has 0 spiro atoms.